The van der Waals surface area contributed by atoms with E-state index in [9.17, 15) is 0 Å². The average Bonchev–Trinajstić information content (AvgIpc) is 2.87. The Kier molecular flexibility index (Phi) is 5.53. The van der Waals surface area contributed by atoms with Gasteiger partial charge in [0.2, 0.25) is 0 Å². The van der Waals surface area contributed by atoms with Gasteiger partial charge in [0.05, 0.1) is 17.3 Å². The van der Waals surface area contributed by atoms with Crippen LogP contribution in [0.5, 0.6) is 0 Å². The summed E-state index contributed by atoms with van der Waals surface area (Å²) in [7, 11) is 0. The Morgan fingerprint density at radius 3 is 2.45 bits per heavy atom. The van der Waals surface area contributed by atoms with E-state index in [1.807, 2.05) is 36.5 Å². The Balaban J connectivity index is 1.35. The van der Waals surface area contributed by atoms with Crippen LogP contribution in [0.2, 0.25) is 0 Å². The molecule has 0 aliphatic heterocycles. The predicted molar refractivity (Wildman–Crippen MR) is 134 cm³/mol. The summed E-state index contributed by atoms with van der Waals surface area (Å²) < 4.78 is 0. The fraction of sp³-hybridized carbons (Fsp3) is 0.0690. The van der Waals surface area contributed by atoms with Crippen molar-refractivity contribution in [2.24, 2.45) is 0 Å². The van der Waals surface area contributed by atoms with E-state index in [1.54, 1.807) is 12.3 Å². The monoisotopic (exact) mass is 426 g/mol. The van der Waals surface area contributed by atoms with E-state index in [0.29, 0.717) is 12.1 Å². The molecular weight excluding hydrogens is 404 g/mol. The number of aryl methyl sites for hydroxylation is 1. The lowest BCUT2D eigenvalue weighted by molar-refractivity contribution is 1.12. The number of nitriles is 1. The van der Waals surface area contributed by atoms with Gasteiger partial charge in [-0.1, -0.05) is 66.2 Å². The minimum atomic E-state index is 0.625. The van der Waals surface area contributed by atoms with Gasteiger partial charge in [-0.3, -0.25) is 4.98 Å². The first kappa shape index (κ1) is 20.4. The van der Waals surface area contributed by atoms with Gasteiger partial charge in [0.15, 0.2) is 0 Å². The van der Waals surface area contributed by atoms with Crippen molar-refractivity contribution in [1.29, 1.82) is 5.26 Å². The van der Waals surface area contributed by atoms with E-state index in [4.69, 9.17) is 5.26 Å². The minimum absolute atomic E-state index is 0.625. The van der Waals surface area contributed by atoms with Gasteiger partial charge in [-0.05, 0) is 53.3 Å². The number of pyridine rings is 2. The molecular formula is C29H22N4. The van der Waals surface area contributed by atoms with E-state index in [0.717, 1.165) is 27.8 Å². The number of nitrogens with one attached hydrogen (secondary N) is 1. The minimum Gasteiger partial charge on any atom is -0.365 e. The fourth-order valence-electron chi connectivity index (χ4n) is 3.94. The first-order valence-corrected chi connectivity index (χ1v) is 10.8. The molecule has 0 unspecified atom stereocenters. The highest BCUT2D eigenvalue weighted by molar-refractivity contribution is 5.93. The van der Waals surface area contributed by atoms with Crippen LogP contribution in [0.4, 0.5) is 5.82 Å². The number of anilines is 1. The number of benzene rings is 3. The molecule has 0 atom stereocenters. The van der Waals surface area contributed by atoms with Gasteiger partial charge < -0.3 is 5.32 Å². The van der Waals surface area contributed by atoms with Crippen LogP contribution in [0.3, 0.4) is 0 Å². The third-order valence-electron chi connectivity index (χ3n) is 5.70. The molecule has 5 aromatic rings. The number of hydrogen-bond donors (Lipinski definition) is 1. The molecule has 0 aliphatic rings. The van der Waals surface area contributed by atoms with Crippen molar-refractivity contribution in [2.45, 2.75) is 13.5 Å². The zero-order valence-corrected chi connectivity index (χ0v) is 18.3. The summed E-state index contributed by atoms with van der Waals surface area (Å²) in [5.41, 5.74) is 7.27. The SMILES string of the molecule is Cc1cccc(-c2ccc(CNc3nccc4cc(-c5cccc(C#N)c5)ncc34)cc2)c1. The smallest absolute Gasteiger partial charge is 0.135 e. The summed E-state index contributed by atoms with van der Waals surface area (Å²) in [4.78, 5) is 9.16. The second-order valence-corrected chi connectivity index (χ2v) is 8.06. The zero-order valence-electron chi connectivity index (χ0n) is 18.3. The lowest BCUT2D eigenvalue weighted by atomic mass is 10.0. The zero-order chi connectivity index (χ0) is 22.6. The summed E-state index contributed by atoms with van der Waals surface area (Å²) in [5.74, 6) is 0.806. The first-order valence-electron chi connectivity index (χ1n) is 10.8. The molecule has 33 heavy (non-hydrogen) atoms. The molecule has 0 bridgehead atoms. The van der Waals surface area contributed by atoms with Gasteiger partial charge in [-0.2, -0.15) is 5.26 Å². The number of nitrogens with zero attached hydrogens (tertiary/aromatic N) is 3. The molecule has 4 heteroatoms. The maximum absolute atomic E-state index is 9.17. The highest BCUT2D eigenvalue weighted by atomic mass is 15.0. The Morgan fingerprint density at radius 1 is 0.818 bits per heavy atom. The summed E-state index contributed by atoms with van der Waals surface area (Å²) in [5, 5.41) is 14.6. The summed E-state index contributed by atoms with van der Waals surface area (Å²) in [6, 6.07) is 30.8. The molecule has 0 saturated carbocycles. The largest absolute Gasteiger partial charge is 0.365 e. The molecule has 0 amide bonds. The maximum Gasteiger partial charge on any atom is 0.135 e. The fourth-order valence-corrected chi connectivity index (χ4v) is 3.94. The van der Waals surface area contributed by atoms with Crippen LogP contribution in [-0.4, -0.2) is 9.97 Å². The number of hydrogen-bond acceptors (Lipinski definition) is 4. The molecule has 1 N–H and O–H groups in total. The summed E-state index contributed by atoms with van der Waals surface area (Å²) in [6.07, 6.45) is 3.65. The van der Waals surface area contributed by atoms with Crippen molar-refractivity contribution in [1.82, 2.24) is 9.97 Å². The molecule has 5 rings (SSSR count). The maximum atomic E-state index is 9.17. The number of rotatable bonds is 5. The normalized spacial score (nSPS) is 10.7. The second kappa shape index (κ2) is 8.94. The third kappa shape index (κ3) is 4.44. The van der Waals surface area contributed by atoms with E-state index in [2.05, 4.69) is 76.8 Å². The van der Waals surface area contributed by atoms with Gasteiger partial charge >= 0.3 is 0 Å². The Labute approximate surface area is 193 Å². The highest BCUT2D eigenvalue weighted by Gasteiger charge is 2.07. The van der Waals surface area contributed by atoms with E-state index < -0.39 is 0 Å². The molecule has 158 valence electrons. The third-order valence-corrected chi connectivity index (χ3v) is 5.70. The predicted octanol–water partition coefficient (Wildman–Crippen LogP) is 6.76. The summed E-state index contributed by atoms with van der Waals surface area (Å²) in [6.45, 7) is 2.78. The van der Waals surface area contributed by atoms with Crippen molar-refractivity contribution < 1.29 is 0 Å². The average molecular weight is 427 g/mol. The quantitative estimate of drug-likeness (QED) is 0.337. The van der Waals surface area contributed by atoms with Crippen LogP contribution in [0.15, 0.2) is 97.3 Å². The topological polar surface area (TPSA) is 61.6 Å². The highest BCUT2D eigenvalue weighted by Crippen LogP contribution is 2.27. The summed E-state index contributed by atoms with van der Waals surface area (Å²) >= 11 is 0. The van der Waals surface area contributed by atoms with Gasteiger partial charge in [0.1, 0.15) is 5.82 Å². The second-order valence-electron chi connectivity index (χ2n) is 8.06. The molecule has 0 saturated heterocycles. The molecule has 2 heterocycles. The van der Waals surface area contributed by atoms with Gasteiger partial charge in [-0.25, -0.2) is 4.98 Å². The molecule has 0 spiro atoms. The van der Waals surface area contributed by atoms with Crippen molar-refractivity contribution >= 4 is 16.6 Å². The van der Waals surface area contributed by atoms with Crippen molar-refractivity contribution in [3.8, 4) is 28.5 Å². The van der Waals surface area contributed by atoms with Crippen LogP contribution in [0.25, 0.3) is 33.2 Å². The lowest BCUT2D eigenvalue weighted by Crippen LogP contribution is -2.02. The number of fused-ring (bicyclic) bond motifs is 1. The van der Waals surface area contributed by atoms with Crippen LogP contribution in [0, 0.1) is 18.3 Å². The molecule has 3 aromatic carbocycles. The molecule has 0 radical (unpaired) electrons. The van der Waals surface area contributed by atoms with E-state index in [-0.39, 0.29) is 0 Å². The van der Waals surface area contributed by atoms with Gasteiger partial charge in [0, 0.05) is 29.9 Å². The van der Waals surface area contributed by atoms with Crippen molar-refractivity contribution in [2.75, 3.05) is 5.32 Å². The van der Waals surface area contributed by atoms with Crippen molar-refractivity contribution in [3.63, 3.8) is 0 Å². The first-order chi connectivity index (χ1) is 16.2. The van der Waals surface area contributed by atoms with Gasteiger partial charge in [0.25, 0.3) is 0 Å². The van der Waals surface area contributed by atoms with E-state index >= 15 is 0 Å². The van der Waals surface area contributed by atoms with Crippen LogP contribution in [-0.2, 0) is 6.54 Å². The molecule has 0 aliphatic carbocycles. The Bertz CT molecular complexity index is 1480. The molecule has 4 nitrogen and oxygen atoms in total. The van der Waals surface area contributed by atoms with Crippen LogP contribution in [0.1, 0.15) is 16.7 Å². The molecule has 0 fully saturated rings. The Hall–Kier alpha value is -4.49. The van der Waals surface area contributed by atoms with Crippen LogP contribution >= 0.6 is 0 Å². The van der Waals surface area contributed by atoms with Crippen molar-refractivity contribution in [3.05, 3.63) is 114 Å². The van der Waals surface area contributed by atoms with E-state index in [1.165, 1.54) is 22.3 Å². The molecule has 2 aromatic heterocycles. The van der Waals surface area contributed by atoms with Crippen LogP contribution < -0.4 is 5.32 Å². The lowest BCUT2D eigenvalue weighted by Gasteiger charge is -2.11. The van der Waals surface area contributed by atoms with Gasteiger partial charge in [-0.15, -0.1) is 0 Å². The Morgan fingerprint density at radius 2 is 1.64 bits per heavy atom. The number of aromatic nitrogens is 2. The standard InChI is InChI=1S/C29H22N4/c1-20-4-2-6-24(14-20)23-10-8-21(9-11-23)18-33-29-27-19-32-28(16-25(27)12-13-31-29)26-7-3-5-22(15-26)17-30/h2-16,19H,18H2,1H3,(H,31,33).